The van der Waals surface area contributed by atoms with Gasteiger partial charge in [-0.2, -0.15) is 0 Å². The molecule has 0 radical (unpaired) electrons. The van der Waals surface area contributed by atoms with E-state index in [4.69, 9.17) is 4.98 Å². The highest BCUT2D eigenvalue weighted by molar-refractivity contribution is 6.27. The van der Waals surface area contributed by atoms with Gasteiger partial charge in [0, 0.05) is 61.3 Å². The van der Waals surface area contributed by atoms with Gasteiger partial charge in [-0.3, -0.25) is 4.98 Å². The zero-order valence-electron chi connectivity index (χ0n) is 37.9. The van der Waals surface area contributed by atoms with Crippen LogP contribution in [0.15, 0.2) is 249 Å². The van der Waals surface area contributed by atoms with E-state index in [1.165, 1.54) is 43.5 Å². The summed E-state index contributed by atoms with van der Waals surface area (Å²) in [5.74, 6) is 0. The van der Waals surface area contributed by atoms with Crippen molar-refractivity contribution in [1.82, 2.24) is 23.3 Å². The van der Waals surface area contributed by atoms with E-state index in [2.05, 4.69) is 261 Å². The van der Waals surface area contributed by atoms with Gasteiger partial charge >= 0.3 is 0 Å². The summed E-state index contributed by atoms with van der Waals surface area (Å²) in [6.07, 6.45) is 1.94. The molecule has 0 spiro atoms. The van der Waals surface area contributed by atoms with Crippen molar-refractivity contribution in [3.8, 4) is 22.7 Å². The smallest absolute Gasteiger partial charge is 0.0787 e. The van der Waals surface area contributed by atoms with E-state index in [0.29, 0.717) is 0 Å². The lowest BCUT2D eigenvalue weighted by atomic mass is 9.95. The molecule has 5 nitrogen and oxygen atoms in total. The van der Waals surface area contributed by atoms with Crippen molar-refractivity contribution in [2.24, 2.45) is 0 Å². The van der Waals surface area contributed by atoms with E-state index in [0.717, 1.165) is 88.2 Å². The fourth-order valence-electron chi connectivity index (χ4n) is 11.7. The standard InChI is InChI=1S/C65H41N5/c1-3-18-42(19-4-1)67-61-31-15-16-32-62(61)68(43-20-5-2-6-21-43)64-41-56-54(40-63(64)67)47-23-8-7-22-46(47)53-38-44(33-35-48(53)52-27-17-37-66-65(52)56)70-59-30-14-11-26-51(59)55-39-45(34-36-60(55)70)69-57-28-12-9-24-49(57)50-25-10-13-29-58(50)69/h1-41H. The van der Waals surface area contributed by atoms with Crippen molar-refractivity contribution in [2.75, 3.05) is 0 Å². The summed E-state index contributed by atoms with van der Waals surface area (Å²) >= 11 is 0. The molecule has 0 aliphatic rings. The Labute approximate surface area is 401 Å². The van der Waals surface area contributed by atoms with Crippen LogP contribution in [0.1, 0.15) is 0 Å². The van der Waals surface area contributed by atoms with Gasteiger partial charge in [-0.05, 0) is 130 Å². The topological polar surface area (TPSA) is 32.6 Å². The summed E-state index contributed by atoms with van der Waals surface area (Å²) in [7, 11) is 0. The van der Waals surface area contributed by atoms with Gasteiger partial charge in [0.25, 0.3) is 0 Å². The highest BCUT2D eigenvalue weighted by atomic mass is 15.1. The Balaban J connectivity index is 1.05. The summed E-state index contributed by atoms with van der Waals surface area (Å²) in [6.45, 7) is 0. The summed E-state index contributed by atoms with van der Waals surface area (Å²) in [4.78, 5) is 5.28. The van der Waals surface area contributed by atoms with E-state index in [1.54, 1.807) is 0 Å². The number of benzene rings is 10. The van der Waals surface area contributed by atoms with Gasteiger partial charge < -0.3 is 18.3 Å². The molecule has 0 amide bonds. The maximum Gasteiger partial charge on any atom is 0.0787 e. The van der Waals surface area contributed by atoms with E-state index in [-0.39, 0.29) is 0 Å². The molecule has 11 aromatic carbocycles. The molecule has 0 bridgehead atoms. The highest BCUT2D eigenvalue weighted by Crippen LogP contribution is 2.42. The normalized spacial score (nSPS) is 12.0. The highest BCUT2D eigenvalue weighted by Gasteiger charge is 2.20. The summed E-state index contributed by atoms with van der Waals surface area (Å²) in [5.41, 5.74) is 14.6. The summed E-state index contributed by atoms with van der Waals surface area (Å²) in [5, 5.41) is 12.9. The molecule has 0 N–H and O–H groups in total. The zero-order valence-corrected chi connectivity index (χ0v) is 37.9. The lowest BCUT2D eigenvalue weighted by molar-refractivity contribution is 1.09. The van der Waals surface area contributed by atoms with E-state index in [9.17, 15) is 0 Å². The van der Waals surface area contributed by atoms with Crippen molar-refractivity contribution in [1.29, 1.82) is 0 Å². The second-order valence-corrected chi connectivity index (χ2v) is 18.3. The molecule has 0 aliphatic carbocycles. The quantitative estimate of drug-likeness (QED) is 0.162. The molecule has 0 atom stereocenters. The number of hydrogen-bond acceptors (Lipinski definition) is 1. The predicted molar refractivity (Wildman–Crippen MR) is 294 cm³/mol. The van der Waals surface area contributed by atoms with Crippen molar-refractivity contribution >= 4 is 109 Å². The SMILES string of the molecule is c1ccc(-n2c3ccccc3n(-c3ccccc3)c3cc4c(cc32)c2ccccc2c2cc(-n3c5ccccc5c5cc(-n6c7ccccc7c7ccccc76)ccc53)ccc2c2cccnc24)cc1. The van der Waals surface area contributed by atoms with E-state index >= 15 is 0 Å². The summed E-state index contributed by atoms with van der Waals surface area (Å²) < 4.78 is 9.70. The van der Waals surface area contributed by atoms with Crippen LogP contribution in [0.4, 0.5) is 0 Å². The first-order valence-electron chi connectivity index (χ1n) is 24.0. The van der Waals surface area contributed by atoms with Gasteiger partial charge in [0.05, 0.1) is 49.7 Å². The fourth-order valence-corrected chi connectivity index (χ4v) is 11.7. The van der Waals surface area contributed by atoms with Gasteiger partial charge in [0.1, 0.15) is 0 Å². The van der Waals surface area contributed by atoms with Gasteiger partial charge in [0.15, 0.2) is 0 Å². The van der Waals surface area contributed by atoms with Gasteiger partial charge in [0.2, 0.25) is 0 Å². The number of hydrogen-bond donors (Lipinski definition) is 0. The molecule has 70 heavy (non-hydrogen) atoms. The summed E-state index contributed by atoms with van der Waals surface area (Å²) in [6, 6.07) is 88.6. The molecule has 15 rings (SSSR count). The Kier molecular flexibility index (Phi) is 8.29. The Morgan fingerprint density at radius 2 is 0.571 bits per heavy atom. The second-order valence-electron chi connectivity index (χ2n) is 18.3. The van der Waals surface area contributed by atoms with Gasteiger partial charge in [-0.15, -0.1) is 0 Å². The van der Waals surface area contributed by atoms with Crippen LogP contribution in [0.3, 0.4) is 0 Å². The van der Waals surface area contributed by atoms with Crippen LogP contribution in [0.25, 0.3) is 132 Å². The van der Waals surface area contributed by atoms with Crippen LogP contribution in [0.2, 0.25) is 0 Å². The maximum atomic E-state index is 5.28. The number of rotatable bonds is 4. The largest absolute Gasteiger partial charge is 0.309 e. The molecule has 0 fully saturated rings. The molecule has 0 unspecified atom stereocenters. The molecule has 15 aromatic rings. The molecular formula is C65H41N5. The second kappa shape index (κ2) is 15.0. The third-order valence-electron chi connectivity index (χ3n) is 14.6. The molecule has 5 heteroatoms. The first kappa shape index (κ1) is 38.6. The minimum atomic E-state index is 0.955. The lowest BCUT2D eigenvalue weighted by Crippen LogP contribution is -2.08. The number of nitrogens with zero attached hydrogens (tertiary/aromatic N) is 5. The molecule has 0 saturated heterocycles. The molecular weight excluding hydrogens is 851 g/mol. The average molecular weight is 892 g/mol. The predicted octanol–water partition coefficient (Wildman–Crippen LogP) is 16.9. The van der Waals surface area contributed by atoms with Crippen LogP contribution in [0, 0.1) is 0 Å². The third-order valence-corrected chi connectivity index (χ3v) is 14.6. The Morgan fingerprint density at radius 3 is 1.13 bits per heavy atom. The van der Waals surface area contributed by atoms with Crippen molar-refractivity contribution in [3.63, 3.8) is 0 Å². The molecule has 0 aliphatic heterocycles. The molecule has 4 aromatic heterocycles. The lowest BCUT2D eigenvalue weighted by Gasteiger charge is -2.23. The third kappa shape index (κ3) is 5.57. The first-order valence-corrected chi connectivity index (χ1v) is 24.0. The monoisotopic (exact) mass is 891 g/mol. The fraction of sp³-hybridized carbons (Fsp3) is 0. The number of aromatic nitrogens is 5. The van der Waals surface area contributed by atoms with Crippen LogP contribution >= 0.6 is 0 Å². The van der Waals surface area contributed by atoms with E-state index < -0.39 is 0 Å². The van der Waals surface area contributed by atoms with Crippen molar-refractivity contribution < 1.29 is 0 Å². The maximum absolute atomic E-state index is 5.28. The number of para-hydroxylation sites is 7. The zero-order chi connectivity index (χ0) is 45.9. The molecule has 0 saturated carbocycles. The van der Waals surface area contributed by atoms with Crippen molar-refractivity contribution in [2.45, 2.75) is 0 Å². The first-order chi connectivity index (χ1) is 34.8. The van der Waals surface area contributed by atoms with Crippen molar-refractivity contribution in [3.05, 3.63) is 249 Å². The average Bonchev–Trinajstić information content (AvgIpc) is 3.94. The number of fused-ring (bicyclic) bond motifs is 16. The van der Waals surface area contributed by atoms with Gasteiger partial charge in [-0.1, -0.05) is 140 Å². The number of pyridine rings is 1. The minimum Gasteiger partial charge on any atom is -0.309 e. The minimum absolute atomic E-state index is 0.955. The van der Waals surface area contributed by atoms with Crippen LogP contribution in [0.5, 0.6) is 0 Å². The van der Waals surface area contributed by atoms with Crippen LogP contribution in [-0.2, 0) is 0 Å². The van der Waals surface area contributed by atoms with E-state index in [1.807, 2.05) is 6.20 Å². The molecule has 4 heterocycles. The Hall–Kier alpha value is -9.45. The van der Waals surface area contributed by atoms with Crippen LogP contribution < -0.4 is 0 Å². The molecule has 326 valence electrons. The van der Waals surface area contributed by atoms with Gasteiger partial charge in [-0.25, -0.2) is 0 Å². The van der Waals surface area contributed by atoms with Crippen LogP contribution in [-0.4, -0.2) is 23.3 Å². The Morgan fingerprint density at radius 1 is 0.200 bits per heavy atom. The Bertz CT molecular complexity index is 4650.